The van der Waals surface area contributed by atoms with Gasteiger partial charge in [0.2, 0.25) is 0 Å². The molecule has 2 aromatic rings. The SMILES string of the molecule is Cc1cc(N(Cc2ccccc2)C2CC2)ncc1Br. The number of pyridine rings is 1. The van der Waals surface area contributed by atoms with Gasteiger partial charge in [0.25, 0.3) is 0 Å². The predicted molar refractivity (Wildman–Crippen MR) is 82.3 cm³/mol. The number of anilines is 1. The standard InChI is InChI=1S/C16H17BrN2/c1-12-9-16(18-10-15(12)17)19(14-7-8-14)11-13-5-3-2-4-6-13/h2-6,9-10,14H,7-8,11H2,1H3. The van der Waals surface area contributed by atoms with Crippen molar-refractivity contribution < 1.29 is 0 Å². The first kappa shape index (κ1) is 12.7. The van der Waals surface area contributed by atoms with Crippen LogP contribution < -0.4 is 4.90 Å². The molecule has 0 aliphatic heterocycles. The Labute approximate surface area is 122 Å². The molecule has 0 radical (unpaired) electrons. The van der Waals surface area contributed by atoms with Crippen molar-refractivity contribution in [3.8, 4) is 0 Å². The first-order valence-corrected chi connectivity index (χ1v) is 7.46. The molecule has 19 heavy (non-hydrogen) atoms. The normalized spacial score (nSPS) is 14.4. The lowest BCUT2D eigenvalue weighted by Crippen LogP contribution is -2.26. The number of nitrogens with zero attached hydrogens (tertiary/aromatic N) is 2. The molecule has 0 unspecified atom stereocenters. The molecule has 3 rings (SSSR count). The lowest BCUT2D eigenvalue weighted by Gasteiger charge is -2.24. The fourth-order valence-electron chi connectivity index (χ4n) is 2.25. The fraction of sp³-hybridized carbons (Fsp3) is 0.312. The predicted octanol–water partition coefficient (Wildman–Crippen LogP) is 4.32. The van der Waals surface area contributed by atoms with Crippen LogP contribution in [0.3, 0.4) is 0 Å². The van der Waals surface area contributed by atoms with Gasteiger partial charge in [-0.15, -0.1) is 0 Å². The van der Waals surface area contributed by atoms with E-state index in [2.05, 4.69) is 69.1 Å². The summed E-state index contributed by atoms with van der Waals surface area (Å²) in [5, 5.41) is 0. The van der Waals surface area contributed by atoms with E-state index in [9.17, 15) is 0 Å². The van der Waals surface area contributed by atoms with Crippen molar-refractivity contribution in [3.63, 3.8) is 0 Å². The summed E-state index contributed by atoms with van der Waals surface area (Å²) in [4.78, 5) is 7.00. The minimum absolute atomic E-state index is 0.660. The van der Waals surface area contributed by atoms with E-state index in [1.807, 2.05) is 6.20 Å². The van der Waals surface area contributed by atoms with E-state index in [1.165, 1.54) is 24.0 Å². The van der Waals surface area contributed by atoms with Crippen molar-refractivity contribution >= 4 is 21.7 Å². The second kappa shape index (κ2) is 5.33. The quantitative estimate of drug-likeness (QED) is 0.835. The minimum atomic E-state index is 0.660. The van der Waals surface area contributed by atoms with Crippen LogP contribution in [0.25, 0.3) is 0 Å². The molecule has 0 bridgehead atoms. The molecule has 1 aliphatic rings. The second-order valence-corrected chi connectivity index (χ2v) is 5.99. The Hall–Kier alpha value is -1.35. The van der Waals surface area contributed by atoms with Gasteiger partial charge >= 0.3 is 0 Å². The van der Waals surface area contributed by atoms with Gasteiger partial charge in [0.05, 0.1) is 0 Å². The number of aryl methyl sites for hydroxylation is 1. The Morgan fingerprint density at radius 2 is 2.00 bits per heavy atom. The first-order valence-electron chi connectivity index (χ1n) is 6.67. The molecule has 1 aromatic heterocycles. The molecule has 1 aromatic carbocycles. The third kappa shape index (κ3) is 2.98. The van der Waals surface area contributed by atoms with Crippen molar-refractivity contribution in [2.24, 2.45) is 0 Å². The van der Waals surface area contributed by atoms with Crippen LogP contribution in [-0.2, 0) is 6.54 Å². The van der Waals surface area contributed by atoms with Crippen LogP contribution in [0.2, 0.25) is 0 Å². The Kier molecular flexibility index (Phi) is 3.56. The fourth-order valence-corrected chi connectivity index (χ4v) is 2.46. The van der Waals surface area contributed by atoms with E-state index in [0.717, 1.165) is 16.8 Å². The number of hydrogen-bond donors (Lipinski definition) is 0. The molecule has 3 heteroatoms. The summed E-state index contributed by atoms with van der Waals surface area (Å²) < 4.78 is 1.08. The number of benzene rings is 1. The molecular weight excluding hydrogens is 300 g/mol. The van der Waals surface area contributed by atoms with Crippen molar-refractivity contribution in [1.82, 2.24) is 4.98 Å². The summed E-state index contributed by atoms with van der Waals surface area (Å²) in [5.41, 5.74) is 2.58. The van der Waals surface area contributed by atoms with E-state index in [0.29, 0.717) is 6.04 Å². The molecule has 1 aliphatic carbocycles. The van der Waals surface area contributed by atoms with Crippen LogP contribution >= 0.6 is 15.9 Å². The second-order valence-electron chi connectivity index (χ2n) is 5.14. The maximum Gasteiger partial charge on any atom is 0.129 e. The minimum Gasteiger partial charge on any atom is -0.349 e. The van der Waals surface area contributed by atoms with E-state index in [-0.39, 0.29) is 0 Å². The summed E-state index contributed by atoms with van der Waals surface area (Å²) in [6.07, 6.45) is 4.47. The topological polar surface area (TPSA) is 16.1 Å². The van der Waals surface area contributed by atoms with E-state index >= 15 is 0 Å². The van der Waals surface area contributed by atoms with Crippen molar-refractivity contribution in [2.75, 3.05) is 4.90 Å². The van der Waals surface area contributed by atoms with Crippen molar-refractivity contribution in [1.29, 1.82) is 0 Å². The molecule has 98 valence electrons. The highest BCUT2D eigenvalue weighted by Crippen LogP contribution is 2.33. The molecule has 0 saturated heterocycles. The van der Waals surface area contributed by atoms with Gasteiger partial charge in [0.1, 0.15) is 5.82 Å². The first-order chi connectivity index (χ1) is 9.24. The third-order valence-corrected chi connectivity index (χ3v) is 4.34. The van der Waals surface area contributed by atoms with E-state index in [1.54, 1.807) is 0 Å². The summed E-state index contributed by atoms with van der Waals surface area (Å²) in [5.74, 6) is 1.09. The van der Waals surface area contributed by atoms with Crippen LogP contribution in [0.5, 0.6) is 0 Å². The molecule has 0 amide bonds. The van der Waals surface area contributed by atoms with Gasteiger partial charge in [-0.2, -0.15) is 0 Å². The Balaban J connectivity index is 1.86. The summed E-state index contributed by atoms with van der Waals surface area (Å²) >= 11 is 3.52. The highest BCUT2D eigenvalue weighted by Gasteiger charge is 2.30. The molecule has 1 saturated carbocycles. The van der Waals surface area contributed by atoms with Crippen LogP contribution in [0, 0.1) is 6.92 Å². The number of hydrogen-bond acceptors (Lipinski definition) is 2. The highest BCUT2D eigenvalue weighted by molar-refractivity contribution is 9.10. The number of aromatic nitrogens is 1. The molecular formula is C16H17BrN2. The lowest BCUT2D eigenvalue weighted by atomic mass is 10.2. The average Bonchev–Trinajstić information content (AvgIpc) is 3.25. The molecule has 0 N–H and O–H groups in total. The smallest absolute Gasteiger partial charge is 0.129 e. The maximum absolute atomic E-state index is 4.58. The summed E-state index contributed by atoms with van der Waals surface area (Å²) in [6.45, 7) is 3.06. The van der Waals surface area contributed by atoms with Gasteiger partial charge in [-0.25, -0.2) is 4.98 Å². The molecule has 2 nitrogen and oxygen atoms in total. The van der Waals surface area contributed by atoms with Gasteiger partial charge in [-0.3, -0.25) is 0 Å². The van der Waals surface area contributed by atoms with Crippen LogP contribution in [0.4, 0.5) is 5.82 Å². The monoisotopic (exact) mass is 316 g/mol. The van der Waals surface area contributed by atoms with Gasteiger partial charge < -0.3 is 4.90 Å². The van der Waals surface area contributed by atoms with Crippen LogP contribution in [0.15, 0.2) is 47.1 Å². The van der Waals surface area contributed by atoms with Crippen molar-refractivity contribution in [3.05, 3.63) is 58.2 Å². The van der Waals surface area contributed by atoms with Crippen molar-refractivity contribution in [2.45, 2.75) is 32.4 Å². The number of rotatable bonds is 4. The zero-order chi connectivity index (χ0) is 13.2. The maximum atomic E-state index is 4.58. The molecule has 1 fully saturated rings. The summed E-state index contributed by atoms with van der Waals surface area (Å²) in [7, 11) is 0. The van der Waals surface area contributed by atoms with Gasteiger partial charge in [-0.05, 0) is 52.9 Å². The van der Waals surface area contributed by atoms with Gasteiger partial charge in [0.15, 0.2) is 0 Å². The highest BCUT2D eigenvalue weighted by atomic mass is 79.9. The third-order valence-electron chi connectivity index (χ3n) is 3.51. The Bertz CT molecular complexity index is 564. The van der Waals surface area contributed by atoms with Crippen LogP contribution in [-0.4, -0.2) is 11.0 Å². The van der Waals surface area contributed by atoms with E-state index in [4.69, 9.17) is 0 Å². The van der Waals surface area contributed by atoms with Crippen LogP contribution in [0.1, 0.15) is 24.0 Å². The number of halogens is 1. The summed E-state index contributed by atoms with van der Waals surface area (Å²) in [6, 6.07) is 13.5. The Morgan fingerprint density at radius 3 is 2.63 bits per heavy atom. The Morgan fingerprint density at radius 1 is 1.26 bits per heavy atom. The lowest BCUT2D eigenvalue weighted by molar-refractivity contribution is 0.777. The largest absolute Gasteiger partial charge is 0.349 e. The average molecular weight is 317 g/mol. The van der Waals surface area contributed by atoms with E-state index < -0.39 is 0 Å². The van der Waals surface area contributed by atoms with Gasteiger partial charge in [-0.1, -0.05) is 30.3 Å². The zero-order valence-electron chi connectivity index (χ0n) is 11.0. The zero-order valence-corrected chi connectivity index (χ0v) is 12.6. The van der Waals surface area contributed by atoms with Gasteiger partial charge in [0, 0.05) is 23.3 Å². The molecule has 1 heterocycles. The molecule has 0 atom stereocenters. The molecule has 0 spiro atoms.